The number of allylic oxidation sites excluding steroid dienone is 1. The molecule has 0 aromatic rings. The van der Waals surface area contributed by atoms with E-state index in [4.69, 9.17) is 4.74 Å². The lowest BCUT2D eigenvalue weighted by atomic mass is 9.73. The van der Waals surface area contributed by atoms with Gasteiger partial charge in [-0.1, -0.05) is 39.8 Å². The molecule has 0 aromatic heterocycles. The van der Waals surface area contributed by atoms with E-state index in [1.807, 2.05) is 0 Å². The van der Waals surface area contributed by atoms with E-state index < -0.39 is 0 Å². The van der Waals surface area contributed by atoms with Crippen molar-refractivity contribution in [3.63, 3.8) is 0 Å². The quantitative estimate of drug-likeness (QED) is 0.516. The van der Waals surface area contributed by atoms with Gasteiger partial charge in [-0.05, 0) is 67.6 Å². The highest BCUT2D eigenvalue weighted by atomic mass is 16.5. The lowest BCUT2D eigenvalue weighted by Gasteiger charge is -2.31. The molecule has 2 bridgehead atoms. The van der Waals surface area contributed by atoms with Crippen LogP contribution in [0.15, 0.2) is 12.2 Å². The molecule has 2 nitrogen and oxygen atoms in total. The maximum absolute atomic E-state index is 11.2. The Morgan fingerprint density at radius 3 is 2.23 bits per heavy atom. The first-order valence-corrected chi connectivity index (χ1v) is 9.04. The zero-order valence-electron chi connectivity index (χ0n) is 15.2. The van der Waals surface area contributed by atoms with Gasteiger partial charge in [0.1, 0.15) is 0 Å². The van der Waals surface area contributed by atoms with Crippen molar-refractivity contribution in [2.45, 2.75) is 66.2 Å². The second-order valence-electron chi connectivity index (χ2n) is 8.49. The molecule has 0 aromatic carbocycles. The number of hydrogen-bond donors (Lipinski definition) is 0. The van der Waals surface area contributed by atoms with Gasteiger partial charge in [0, 0.05) is 0 Å². The van der Waals surface area contributed by atoms with Crippen LogP contribution in [-0.2, 0) is 9.53 Å². The second kappa shape index (κ2) is 6.76. The molecule has 2 unspecified atom stereocenters. The average Bonchev–Trinajstić information content (AvgIpc) is 3.17. The summed E-state index contributed by atoms with van der Waals surface area (Å²) in [4.78, 5) is 11.2. The van der Waals surface area contributed by atoms with Crippen LogP contribution in [0.25, 0.3) is 0 Å². The number of carbonyl (C=O) groups excluding carboxylic acids is 1. The molecule has 3 aliphatic carbocycles. The van der Waals surface area contributed by atoms with Crippen LogP contribution in [-0.4, -0.2) is 13.1 Å². The number of carbonyl (C=O) groups is 1. The summed E-state index contributed by atoms with van der Waals surface area (Å²) in [7, 11) is 1.48. The smallest absolute Gasteiger partial charge is 0.308 e. The molecule has 0 N–H and O–H groups in total. The standard InChI is InChI=1S/C10H18O2.C10H16/c1-7(2)8-4-5-9(6-8)10(11)12-3;1-7-8-4-5-9(6-8)10(7,2)3/h7-9H,4-6H2,1-3H3;8-9H,1,4-6H2,2-3H3/t;8-,9+/m.0/s1. The summed E-state index contributed by atoms with van der Waals surface area (Å²) in [6, 6.07) is 0. The average molecular weight is 306 g/mol. The van der Waals surface area contributed by atoms with E-state index in [2.05, 4.69) is 34.3 Å². The van der Waals surface area contributed by atoms with Crippen molar-refractivity contribution in [3.05, 3.63) is 12.2 Å². The zero-order valence-corrected chi connectivity index (χ0v) is 15.2. The summed E-state index contributed by atoms with van der Waals surface area (Å²) in [6.45, 7) is 13.4. The van der Waals surface area contributed by atoms with Crippen LogP contribution in [0.2, 0.25) is 0 Å². The third-order valence-corrected chi connectivity index (χ3v) is 6.72. The van der Waals surface area contributed by atoms with Gasteiger partial charge in [-0.15, -0.1) is 0 Å². The van der Waals surface area contributed by atoms with Crippen molar-refractivity contribution < 1.29 is 9.53 Å². The predicted molar refractivity (Wildman–Crippen MR) is 91.4 cm³/mol. The fraction of sp³-hybridized carbons (Fsp3) is 0.850. The van der Waals surface area contributed by atoms with Crippen molar-refractivity contribution in [1.29, 1.82) is 0 Å². The number of rotatable bonds is 2. The molecule has 0 saturated heterocycles. The summed E-state index contributed by atoms with van der Waals surface area (Å²) >= 11 is 0. The molecule has 3 saturated carbocycles. The van der Waals surface area contributed by atoms with Crippen LogP contribution in [0.3, 0.4) is 0 Å². The Morgan fingerprint density at radius 2 is 1.86 bits per heavy atom. The normalized spacial score (nSPS) is 35.5. The van der Waals surface area contributed by atoms with Crippen LogP contribution < -0.4 is 0 Å². The SMILES string of the molecule is C=C1[C@H]2CC[C@H](C2)C1(C)C.COC(=O)C1CCC(C(C)C)C1. The highest BCUT2D eigenvalue weighted by molar-refractivity contribution is 5.72. The molecule has 3 rings (SSSR count). The summed E-state index contributed by atoms with van der Waals surface area (Å²) in [5, 5.41) is 0. The highest BCUT2D eigenvalue weighted by Gasteiger charge is 2.47. The molecule has 22 heavy (non-hydrogen) atoms. The maximum Gasteiger partial charge on any atom is 0.308 e. The molecule has 0 radical (unpaired) electrons. The molecule has 2 heteroatoms. The third kappa shape index (κ3) is 3.41. The highest BCUT2D eigenvalue weighted by Crippen LogP contribution is 2.58. The fourth-order valence-electron chi connectivity index (χ4n) is 4.74. The number of methoxy groups -OCH3 is 1. The molecule has 126 valence electrons. The van der Waals surface area contributed by atoms with E-state index in [1.54, 1.807) is 0 Å². The fourth-order valence-corrected chi connectivity index (χ4v) is 4.74. The van der Waals surface area contributed by atoms with Gasteiger partial charge in [0.25, 0.3) is 0 Å². The van der Waals surface area contributed by atoms with Crippen LogP contribution in [0, 0.1) is 35.0 Å². The Balaban J connectivity index is 0.000000162. The van der Waals surface area contributed by atoms with Crippen LogP contribution in [0.4, 0.5) is 0 Å². The molecule has 0 amide bonds. The van der Waals surface area contributed by atoms with Gasteiger partial charge < -0.3 is 4.74 Å². The molecule has 3 fully saturated rings. The summed E-state index contributed by atoms with van der Waals surface area (Å²) in [5.74, 6) is 3.46. The van der Waals surface area contributed by atoms with Crippen LogP contribution in [0.1, 0.15) is 66.2 Å². The van der Waals surface area contributed by atoms with E-state index in [9.17, 15) is 4.79 Å². The number of fused-ring (bicyclic) bond motifs is 2. The molecular weight excluding hydrogens is 272 g/mol. The minimum Gasteiger partial charge on any atom is -0.469 e. The van der Waals surface area contributed by atoms with Crippen molar-refractivity contribution in [2.24, 2.45) is 35.0 Å². The van der Waals surface area contributed by atoms with Gasteiger partial charge in [0.2, 0.25) is 0 Å². The second-order valence-corrected chi connectivity index (χ2v) is 8.49. The summed E-state index contributed by atoms with van der Waals surface area (Å²) in [6.07, 6.45) is 7.56. The first-order chi connectivity index (χ1) is 10.3. The number of hydrogen-bond acceptors (Lipinski definition) is 2. The van der Waals surface area contributed by atoms with Crippen molar-refractivity contribution in [2.75, 3.05) is 7.11 Å². The Labute approximate surface area is 136 Å². The van der Waals surface area contributed by atoms with Gasteiger partial charge >= 0.3 is 5.97 Å². The Bertz CT molecular complexity index is 421. The molecule has 0 heterocycles. The molecular formula is C20H34O2. The monoisotopic (exact) mass is 306 g/mol. The lowest BCUT2D eigenvalue weighted by Crippen LogP contribution is -2.21. The maximum atomic E-state index is 11.2. The Morgan fingerprint density at radius 1 is 1.18 bits per heavy atom. The van der Waals surface area contributed by atoms with Crippen LogP contribution in [0.5, 0.6) is 0 Å². The molecule has 3 aliphatic rings. The van der Waals surface area contributed by atoms with E-state index in [0.717, 1.165) is 30.6 Å². The molecule has 4 atom stereocenters. The van der Waals surface area contributed by atoms with Gasteiger partial charge in [-0.2, -0.15) is 0 Å². The van der Waals surface area contributed by atoms with E-state index in [0.29, 0.717) is 11.3 Å². The number of esters is 1. The van der Waals surface area contributed by atoms with E-state index in [1.165, 1.54) is 38.4 Å². The van der Waals surface area contributed by atoms with E-state index >= 15 is 0 Å². The van der Waals surface area contributed by atoms with Crippen molar-refractivity contribution in [3.8, 4) is 0 Å². The largest absolute Gasteiger partial charge is 0.469 e. The van der Waals surface area contributed by atoms with Crippen molar-refractivity contribution in [1.82, 2.24) is 0 Å². The first kappa shape index (κ1) is 17.6. The van der Waals surface area contributed by atoms with Crippen molar-refractivity contribution >= 4 is 5.97 Å². The van der Waals surface area contributed by atoms with Gasteiger partial charge in [0.15, 0.2) is 0 Å². The van der Waals surface area contributed by atoms with Crippen LogP contribution >= 0.6 is 0 Å². The predicted octanol–water partition coefficient (Wildman–Crippen LogP) is 5.23. The molecule has 0 aliphatic heterocycles. The van der Waals surface area contributed by atoms with Gasteiger partial charge in [-0.3, -0.25) is 4.79 Å². The first-order valence-electron chi connectivity index (χ1n) is 9.04. The lowest BCUT2D eigenvalue weighted by molar-refractivity contribution is -0.145. The minimum absolute atomic E-state index is 0.0156. The Kier molecular flexibility index (Phi) is 5.40. The van der Waals surface area contributed by atoms with Gasteiger partial charge in [0.05, 0.1) is 13.0 Å². The third-order valence-electron chi connectivity index (χ3n) is 6.72. The summed E-state index contributed by atoms with van der Waals surface area (Å²) in [5.41, 5.74) is 2.01. The minimum atomic E-state index is -0.0156. The Hall–Kier alpha value is -0.790. The molecule has 0 spiro atoms. The topological polar surface area (TPSA) is 26.3 Å². The zero-order chi connectivity index (χ0) is 16.5. The number of ether oxygens (including phenoxy) is 1. The summed E-state index contributed by atoms with van der Waals surface area (Å²) < 4.78 is 4.72. The van der Waals surface area contributed by atoms with E-state index in [-0.39, 0.29) is 11.9 Å². The van der Waals surface area contributed by atoms with Gasteiger partial charge in [-0.25, -0.2) is 0 Å².